The Morgan fingerprint density at radius 3 is 2.78 bits per heavy atom. The summed E-state index contributed by atoms with van der Waals surface area (Å²) in [5.41, 5.74) is 0.239. The summed E-state index contributed by atoms with van der Waals surface area (Å²) < 4.78 is 10.9. The molecule has 0 saturated heterocycles. The monoisotopic (exact) mass is 252 g/mol. The lowest BCUT2D eigenvalue weighted by molar-refractivity contribution is 0.0696. The van der Waals surface area contributed by atoms with Gasteiger partial charge in [-0.25, -0.2) is 4.79 Å². The van der Waals surface area contributed by atoms with Crippen LogP contribution in [0.15, 0.2) is 24.3 Å². The predicted octanol–water partition coefficient (Wildman–Crippen LogP) is 2.83. The molecule has 100 valence electrons. The summed E-state index contributed by atoms with van der Waals surface area (Å²) in [6.45, 7) is 6.16. The topological polar surface area (TPSA) is 55.8 Å². The number of rotatable bonds is 8. The van der Waals surface area contributed by atoms with Crippen LogP contribution >= 0.6 is 0 Å². The van der Waals surface area contributed by atoms with Crippen LogP contribution in [0.3, 0.4) is 0 Å². The molecule has 0 saturated carbocycles. The Labute approximate surface area is 108 Å². The maximum atomic E-state index is 10.8. The minimum Gasteiger partial charge on any atom is -0.493 e. The largest absolute Gasteiger partial charge is 0.493 e. The van der Waals surface area contributed by atoms with E-state index in [0.29, 0.717) is 24.9 Å². The molecule has 0 fully saturated rings. The summed E-state index contributed by atoms with van der Waals surface area (Å²) in [7, 11) is 0. The van der Waals surface area contributed by atoms with E-state index in [1.807, 2.05) is 0 Å². The van der Waals surface area contributed by atoms with Crippen molar-refractivity contribution in [3.8, 4) is 5.75 Å². The van der Waals surface area contributed by atoms with E-state index in [-0.39, 0.29) is 5.56 Å². The molecule has 1 aromatic rings. The maximum Gasteiger partial charge on any atom is 0.335 e. The lowest BCUT2D eigenvalue weighted by atomic mass is 10.2. The SMILES string of the molecule is CC(C)COCCCOc1cccc(C(=O)O)c1. The Hall–Kier alpha value is -1.55. The number of carbonyl (C=O) groups is 1. The van der Waals surface area contributed by atoms with Crippen LogP contribution in [0.2, 0.25) is 0 Å². The van der Waals surface area contributed by atoms with Gasteiger partial charge < -0.3 is 14.6 Å². The molecule has 0 unspecified atom stereocenters. The average Bonchev–Trinajstić information content (AvgIpc) is 2.33. The van der Waals surface area contributed by atoms with Gasteiger partial charge in [0.2, 0.25) is 0 Å². The summed E-state index contributed by atoms with van der Waals surface area (Å²) in [5, 5.41) is 8.83. The number of carboxylic acid groups (broad SMARTS) is 1. The average molecular weight is 252 g/mol. The zero-order valence-electron chi connectivity index (χ0n) is 10.9. The summed E-state index contributed by atoms with van der Waals surface area (Å²) in [4.78, 5) is 10.8. The molecule has 0 heterocycles. The highest BCUT2D eigenvalue weighted by atomic mass is 16.5. The first-order chi connectivity index (χ1) is 8.59. The Kier molecular flexibility index (Phi) is 6.22. The van der Waals surface area contributed by atoms with Crippen molar-refractivity contribution in [3.05, 3.63) is 29.8 Å². The lowest BCUT2D eigenvalue weighted by Gasteiger charge is -2.08. The molecule has 1 aromatic carbocycles. The number of hydrogen-bond donors (Lipinski definition) is 1. The highest BCUT2D eigenvalue weighted by Gasteiger charge is 2.03. The maximum absolute atomic E-state index is 10.8. The van der Waals surface area contributed by atoms with Crippen molar-refractivity contribution in [2.24, 2.45) is 5.92 Å². The molecule has 1 rings (SSSR count). The molecule has 0 spiro atoms. The minimum absolute atomic E-state index is 0.239. The molecule has 0 aliphatic rings. The van der Waals surface area contributed by atoms with Crippen LogP contribution in [-0.4, -0.2) is 30.9 Å². The second-order valence-corrected chi connectivity index (χ2v) is 4.50. The number of hydrogen-bond acceptors (Lipinski definition) is 3. The Morgan fingerprint density at radius 2 is 2.11 bits per heavy atom. The van der Waals surface area contributed by atoms with Crippen molar-refractivity contribution < 1.29 is 19.4 Å². The summed E-state index contributed by atoms with van der Waals surface area (Å²) >= 11 is 0. The lowest BCUT2D eigenvalue weighted by Crippen LogP contribution is -2.07. The van der Waals surface area contributed by atoms with Gasteiger partial charge in [0.05, 0.1) is 12.2 Å². The highest BCUT2D eigenvalue weighted by Crippen LogP contribution is 2.13. The van der Waals surface area contributed by atoms with Crippen molar-refractivity contribution in [1.82, 2.24) is 0 Å². The van der Waals surface area contributed by atoms with Gasteiger partial charge in [-0.3, -0.25) is 0 Å². The number of carboxylic acids is 1. The van der Waals surface area contributed by atoms with Crippen LogP contribution < -0.4 is 4.74 Å². The molecule has 0 bridgehead atoms. The Morgan fingerprint density at radius 1 is 1.33 bits per heavy atom. The van der Waals surface area contributed by atoms with Crippen LogP contribution in [0.1, 0.15) is 30.6 Å². The number of ether oxygens (including phenoxy) is 2. The highest BCUT2D eigenvalue weighted by molar-refractivity contribution is 5.87. The molecule has 18 heavy (non-hydrogen) atoms. The summed E-state index contributed by atoms with van der Waals surface area (Å²) in [6, 6.07) is 6.49. The van der Waals surface area contributed by atoms with Crippen LogP contribution in [0.4, 0.5) is 0 Å². The standard InChI is InChI=1S/C14H20O4/c1-11(2)10-17-7-4-8-18-13-6-3-5-12(9-13)14(15)16/h3,5-6,9,11H,4,7-8,10H2,1-2H3,(H,15,16). The van der Waals surface area contributed by atoms with Crippen molar-refractivity contribution in [2.75, 3.05) is 19.8 Å². The van der Waals surface area contributed by atoms with Crippen molar-refractivity contribution in [2.45, 2.75) is 20.3 Å². The molecule has 4 nitrogen and oxygen atoms in total. The minimum atomic E-state index is -0.944. The first kappa shape index (κ1) is 14.5. The fourth-order valence-electron chi connectivity index (χ4n) is 1.39. The van der Waals surface area contributed by atoms with Gasteiger partial charge in [0.1, 0.15) is 5.75 Å². The third kappa shape index (κ3) is 5.68. The third-order valence-electron chi connectivity index (χ3n) is 2.23. The Balaban J connectivity index is 2.23. The fraction of sp³-hybridized carbons (Fsp3) is 0.500. The predicted molar refractivity (Wildman–Crippen MR) is 69.2 cm³/mol. The summed E-state index contributed by atoms with van der Waals surface area (Å²) in [5.74, 6) is 0.178. The molecule has 0 atom stereocenters. The number of aromatic carboxylic acids is 1. The van der Waals surface area contributed by atoms with E-state index in [1.54, 1.807) is 18.2 Å². The smallest absolute Gasteiger partial charge is 0.335 e. The normalized spacial score (nSPS) is 10.6. The van der Waals surface area contributed by atoms with E-state index in [1.165, 1.54) is 6.07 Å². The van der Waals surface area contributed by atoms with E-state index in [4.69, 9.17) is 14.6 Å². The zero-order valence-corrected chi connectivity index (χ0v) is 10.9. The first-order valence-electron chi connectivity index (χ1n) is 6.13. The zero-order chi connectivity index (χ0) is 13.4. The molecule has 4 heteroatoms. The molecule has 0 radical (unpaired) electrons. The molecule has 0 aliphatic carbocycles. The van der Waals surface area contributed by atoms with E-state index >= 15 is 0 Å². The van der Waals surface area contributed by atoms with Gasteiger partial charge in [-0.05, 0) is 24.1 Å². The second-order valence-electron chi connectivity index (χ2n) is 4.50. The van der Waals surface area contributed by atoms with Crippen LogP contribution in [0, 0.1) is 5.92 Å². The first-order valence-corrected chi connectivity index (χ1v) is 6.13. The van der Waals surface area contributed by atoms with Gasteiger partial charge in [-0.1, -0.05) is 19.9 Å². The van der Waals surface area contributed by atoms with E-state index in [0.717, 1.165) is 13.0 Å². The summed E-state index contributed by atoms with van der Waals surface area (Å²) in [6.07, 6.45) is 0.796. The van der Waals surface area contributed by atoms with Crippen molar-refractivity contribution in [3.63, 3.8) is 0 Å². The van der Waals surface area contributed by atoms with Gasteiger partial charge in [0.25, 0.3) is 0 Å². The van der Waals surface area contributed by atoms with Gasteiger partial charge >= 0.3 is 5.97 Å². The Bertz CT molecular complexity index is 374. The van der Waals surface area contributed by atoms with E-state index in [9.17, 15) is 4.79 Å². The molecule has 1 N–H and O–H groups in total. The third-order valence-corrected chi connectivity index (χ3v) is 2.23. The van der Waals surface area contributed by atoms with Crippen LogP contribution in [0.25, 0.3) is 0 Å². The van der Waals surface area contributed by atoms with E-state index < -0.39 is 5.97 Å². The van der Waals surface area contributed by atoms with Gasteiger partial charge in [-0.2, -0.15) is 0 Å². The van der Waals surface area contributed by atoms with Crippen LogP contribution in [0.5, 0.6) is 5.75 Å². The second kappa shape index (κ2) is 7.71. The molecular formula is C14H20O4. The van der Waals surface area contributed by atoms with Gasteiger partial charge in [0, 0.05) is 19.6 Å². The van der Waals surface area contributed by atoms with Gasteiger partial charge in [-0.15, -0.1) is 0 Å². The molecular weight excluding hydrogens is 232 g/mol. The quantitative estimate of drug-likeness (QED) is 0.723. The van der Waals surface area contributed by atoms with E-state index in [2.05, 4.69) is 13.8 Å². The van der Waals surface area contributed by atoms with Gasteiger partial charge in [0.15, 0.2) is 0 Å². The van der Waals surface area contributed by atoms with Crippen molar-refractivity contribution in [1.29, 1.82) is 0 Å². The van der Waals surface area contributed by atoms with Crippen molar-refractivity contribution >= 4 is 5.97 Å². The van der Waals surface area contributed by atoms with Crippen LogP contribution in [-0.2, 0) is 4.74 Å². The molecule has 0 aromatic heterocycles. The number of benzene rings is 1. The molecule has 0 amide bonds. The molecule has 0 aliphatic heterocycles. The fourth-order valence-corrected chi connectivity index (χ4v) is 1.39.